The van der Waals surface area contributed by atoms with Crippen LogP contribution in [0.4, 0.5) is 0 Å². The van der Waals surface area contributed by atoms with Gasteiger partial charge in [0.2, 0.25) is 0 Å². The Balaban J connectivity index is 2.13. The van der Waals surface area contributed by atoms with Crippen LogP contribution in [0.15, 0.2) is 12.5 Å². The molecule has 1 atom stereocenters. The second-order valence-electron chi connectivity index (χ2n) is 3.49. The fourth-order valence-electron chi connectivity index (χ4n) is 1.69. The van der Waals surface area contributed by atoms with Crippen molar-refractivity contribution in [2.24, 2.45) is 7.05 Å². The molecule has 1 fully saturated rings. The highest BCUT2D eigenvalue weighted by Crippen LogP contribution is 2.23. The number of likely N-dealkylation sites (tertiary alicyclic amines) is 1. The number of nitrogens with zero attached hydrogens (tertiary/aromatic N) is 3. The summed E-state index contributed by atoms with van der Waals surface area (Å²) in [7, 11) is 2.05. The van der Waals surface area contributed by atoms with Gasteiger partial charge in [0.15, 0.2) is 0 Å². The molecule has 2 rings (SSSR count). The third-order valence-corrected chi connectivity index (χ3v) is 2.72. The predicted octanol–water partition coefficient (Wildman–Crippen LogP) is 1.19. The first-order valence-corrected chi connectivity index (χ1v) is 4.49. The number of rotatable bonds is 2. The van der Waals surface area contributed by atoms with Crippen molar-refractivity contribution in [3.63, 3.8) is 0 Å². The van der Waals surface area contributed by atoms with Gasteiger partial charge in [-0.15, -0.1) is 0 Å². The Hall–Kier alpha value is -0.830. The second kappa shape index (κ2) is 2.90. The van der Waals surface area contributed by atoms with Gasteiger partial charge in [-0.2, -0.15) is 0 Å². The summed E-state index contributed by atoms with van der Waals surface area (Å²) < 4.78 is 2.10. The highest BCUT2D eigenvalue weighted by molar-refractivity contribution is 5.04. The fraction of sp³-hybridized carbons (Fsp3) is 0.667. The van der Waals surface area contributed by atoms with Gasteiger partial charge in [-0.25, -0.2) is 4.98 Å². The first-order valence-electron chi connectivity index (χ1n) is 4.49. The molecule has 0 radical (unpaired) electrons. The van der Waals surface area contributed by atoms with Gasteiger partial charge in [0, 0.05) is 32.4 Å². The normalized spacial score (nSPS) is 20.5. The van der Waals surface area contributed by atoms with E-state index in [1.165, 1.54) is 25.2 Å². The van der Waals surface area contributed by atoms with E-state index in [-0.39, 0.29) is 0 Å². The maximum atomic E-state index is 4.12. The van der Waals surface area contributed by atoms with E-state index in [1.807, 2.05) is 12.5 Å². The minimum absolute atomic E-state index is 0.534. The SMILES string of the molecule is CC(c1cncn1C)N1CCC1. The molecular formula is C9H15N3. The van der Waals surface area contributed by atoms with Gasteiger partial charge >= 0.3 is 0 Å². The van der Waals surface area contributed by atoms with Gasteiger partial charge in [-0.05, 0) is 13.3 Å². The minimum atomic E-state index is 0.534. The number of hydrogen-bond donors (Lipinski definition) is 0. The molecule has 1 aliphatic rings. The zero-order valence-corrected chi connectivity index (χ0v) is 7.70. The fourth-order valence-corrected chi connectivity index (χ4v) is 1.69. The molecule has 0 aliphatic carbocycles. The highest BCUT2D eigenvalue weighted by Gasteiger charge is 2.22. The molecule has 3 nitrogen and oxygen atoms in total. The van der Waals surface area contributed by atoms with E-state index in [2.05, 4.69) is 28.4 Å². The van der Waals surface area contributed by atoms with E-state index in [1.54, 1.807) is 0 Å². The molecule has 2 heterocycles. The van der Waals surface area contributed by atoms with Gasteiger partial charge in [-0.3, -0.25) is 4.90 Å². The lowest BCUT2D eigenvalue weighted by molar-refractivity contribution is 0.124. The van der Waals surface area contributed by atoms with E-state index >= 15 is 0 Å². The van der Waals surface area contributed by atoms with Crippen LogP contribution in [0.1, 0.15) is 25.1 Å². The third kappa shape index (κ3) is 1.14. The molecule has 1 saturated heterocycles. The van der Waals surface area contributed by atoms with Crippen LogP contribution in [0, 0.1) is 0 Å². The lowest BCUT2D eigenvalue weighted by Gasteiger charge is -2.36. The van der Waals surface area contributed by atoms with Crippen molar-refractivity contribution >= 4 is 0 Å². The van der Waals surface area contributed by atoms with Crippen LogP contribution in [0.3, 0.4) is 0 Å². The van der Waals surface area contributed by atoms with E-state index in [9.17, 15) is 0 Å². The van der Waals surface area contributed by atoms with Gasteiger partial charge in [0.1, 0.15) is 0 Å². The van der Waals surface area contributed by atoms with E-state index in [0.29, 0.717) is 6.04 Å². The van der Waals surface area contributed by atoms with Crippen molar-refractivity contribution in [2.45, 2.75) is 19.4 Å². The summed E-state index contributed by atoms with van der Waals surface area (Å²) in [5, 5.41) is 0. The lowest BCUT2D eigenvalue weighted by atomic mass is 10.1. The Morgan fingerprint density at radius 2 is 2.25 bits per heavy atom. The van der Waals surface area contributed by atoms with Gasteiger partial charge in [-0.1, -0.05) is 0 Å². The average Bonchev–Trinajstić information content (AvgIpc) is 2.31. The van der Waals surface area contributed by atoms with E-state index in [0.717, 1.165) is 0 Å². The Morgan fingerprint density at radius 3 is 2.67 bits per heavy atom. The molecule has 0 spiro atoms. The van der Waals surface area contributed by atoms with Crippen LogP contribution in [-0.4, -0.2) is 27.5 Å². The molecule has 1 aromatic heterocycles. The molecule has 3 heteroatoms. The summed E-state index contributed by atoms with van der Waals surface area (Å²) in [6, 6.07) is 0.534. The second-order valence-corrected chi connectivity index (χ2v) is 3.49. The molecule has 1 aliphatic heterocycles. The Bertz CT molecular complexity index is 262. The van der Waals surface area contributed by atoms with E-state index < -0.39 is 0 Å². The van der Waals surface area contributed by atoms with Gasteiger partial charge in [0.25, 0.3) is 0 Å². The average molecular weight is 165 g/mol. The zero-order chi connectivity index (χ0) is 8.55. The lowest BCUT2D eigenvalue weighted by Crippen LogP contribution is -2.39. The molecule has 0 N–H and O–H groups in total. The maximum absolute atomic E-state index is 4.12. The first-order chi connectivity index (χ1) is 5.79. The highest BCUT2D eigenvalue weighted by atomic mass is 15.2. The summed E-state index contributed by atoms with van der Waals surface area (Å²) in [4.78, 5) is 6.59. The Kier molecular flexibility index (Phi) is 1.89. The molecule has 0 amide bonds. The Morgan fingerprint density at radius 1 is 1.50 bits per heavy atom. The topological polar surface area (TPSA) is 21.1 Å². The summed E-state index contributed by atoms with van der Waals surface area (Å²) >= 11 is 0. The number of aromatic nitrogens is 2. The molecule has 0 bridgehead atoms. The van der Waals surface area contributed by atoms with Crippen molar-refractivity contribution in [3.8, 4) is 0 Å². The molecule has 0 saturated carbocycles. The van der Waals surface area contributed by atoms with Crippen LogP contribution in [0.25, 0.3) is 0 Å². The monoisotopic (exact) mass is 165 g/mol. The van der Waals surface area contributed by atoms with Crippen LogP contribution in [-0.2, 0) is 7.05 Å². The summed E-state index contributed by atoms with van der Waals surface area (Å²) in [6.07, 6.45) is 5.18. The molecular weight excluding hydrogens is 150 g/mol. The van der Waals surface area contributed by atoms with Crippen LogP contribution < -0.4 is 0 Å². The third-order valence-electron chi connectivity index (χ3n) is 2.72. The molecule has 66 valence electrons. The summed E-state index contributed by atoms with van der Waals surface area (Å²) in [6.45, 7) is 4.73. The number of hydrogen-bond acceptors (Lipinski definition) is 2. The molecule has 1 unspecified atom stereocenters. The predicted molar refractivity (Wildman–Crippen MR) is 47.8 cm³/mol. The summed E-state index contributed by atoms with van der Waals surface area (Å²) in [5.41, 5.74) is 1.31. The van der Waals surface area contributed by atoms with Crippen LogP contribution >= 0.6 is 0 Å². The first kappa shape index (κ1) is 7.80. The number of aryl methyl sites for hydroxylation is 1. The van der Waals surface area contributed by atoms with E-state index in [4.69, 9.17) is 0 Å². The van der Waals surface area contributed by atoms with Crippen molar-refractivity contribution in [1.29, 1.82) is 0 Å². The quantitative estimate of drug-likeness (QED) is 0.656. The molecule has 1 aromatic rings. The van der Waals surface area contributed by atoms with Crippen molar-refractivity contribution in [1.82, 2.24) is 14.5 Å². The largest absolute Gasteiger partial charge is 0.336 e. The van der Waals surface area contributed by atoms with Crippen LogP contribution in [0.2, 0.25) is 0 Å². The smallest absolute Gasteiger partial charge is 0.0946 e. The van der Waals surface area contributed by atoms with Crippen LogP contribution in [0.5, 0.6) is 0 Å². The minimum Gasteiger partial charge on any atom is -0.336 e. The standard InChI is InChI=1S/C9H15N3/c1-8(12-4-3-5-12)9-6-10-7-11(9)2/h6-8H,3-5H2,1-2H3. The van der Waals surface area contributed by atoms with Gasteiger partial charge in [0.05, 0.1) is 12.0 Å². The molecule has 0 aromatic carbocycles. The van der Waals surface area contributed by atoms with Crippen molar-refractivity contribution in [3.05, 3.63) is 18.2 Å². The zero-order valence-electron chi connectivity index (χ0n) is 7.70. The number of imidazole rings is 1. The van der Waals surface area contributed by atoms with Crippen molar-refractivity contribution < 1.29 is 0 Å². The Labute approximate surface area is 73.0 Å². The van der Waals surface area contributed by atoms with Crippen molar-refractivity contribution in [2.75, 3.05) is 13.1 Å². The van der Waals surface area contributed by atoms with Gasteiger partial charge < -0.3 is 4.57 Å². The molecule has 12 heavy (non-hydrogen) atoms. The summed E-state index contributed by atoms with van der Waals surface area (Å²) in [5.74, 6) is 0. The maximum Gasteiger partial charge on any atom is 0.0946 e.